The highest BCUT2D eigenvalue weighted by Crippen LogP contribution is 2.22. The molecule has 1 aromatic heterocycles. The van der Waals surface area contributed by atoms with Gasteiger partial charge in [-0.05, 0) is 20.3 Å². The van der Waals surface area contributed by atoms with Gasteiger partial charge in [-0.1, -0.05) is 30.3 Å². The fourth-order valence-corrected chi connectivity index (χ4v) is 1.96. The van der Waals surface area contributed by atoms with E-state index in [4.69, 9.17) is 10.2 Å². The first-order valence-electron chi connectivity index (χ1n) is 7.12. The summed E-state index contributed by atoms with van der Waals surface area (Å²) >= 11 is 0. The van der Waals surface area contributed by atoms with Gasteiger partial charge in [-0.15, -0.1) is 12.4 Å². The SMILES string of the molecule is CC(N)CCC(=O)NC(C)c1ncc(-c2ccccc2)o1.Cl. The minimum atomic E-state index is -0.261. The van der Waals surface area contributed by atoms with Crippen LogP contribution >= 0.6 is 12.4 Å². The van der Waals surface area contributed by atoms with Crippen molar-refractivity contribution in [3.63, 3.8) is 0 Å². The van der Waals surface area contributed by atoms with E-state index in [0.717, 1.165) is 5.56 Å². The number of halogens is 1. The molecule has 1 amide bonds. The second-order valence-corrected chi connectivity index (χ2v) is 5.23. The van der Waals surface area contributed by atoms with E-state index in [9.17, 15) is 4.79 Å². The third kappa shape index (κ3) is 5.16. The van der Waals surface area contributed by atoms with Crippen LogP contribution in [0.4, 0.5) is 0 Å². The van der Waals surface area contributed by atoms with Gasteiger partial charge in [0.2, 0.25) is 11.8 Å². The van der Waals surface area contributed by atoms with Crippen LogP contribution in [0.1, 0.15) is 38.6 Å². The molecule has 0 aliphatic rings. The normalized spacial score (nSPS) is 13.0. The van der Waals surface area contributed by atoms with Gasteiger partial charge >= 0.3 is 0 Å². The lowest BCUT2D eigenvalue weighted by Crippen LogP contribution is -2.28. The third-order valence-corrected chi connectivity index (χ3v) is 3.16. The maximum Gasteiger partial charge on any atom is 0.220 e. The monoisotopic (exact) mass is 323 g/mol. The Kier molecular flexibility index (Phi) is 7.08. The lowest BCUT2D eigenvalue weighted by atomic mass is 10.2. The number of oxazole rings is 1. The van der Waals surface area contributed by atoms with Crippen molar-refractivity contribution in [2.24, 2.45) is 5.73 Å². The number of carbonyl (C=O) groups is 1. The number of nitrogens with one attached hydrogen (secondary N) is 1. The van der Waals surface area contributed by atoms with E-state index in [2.05, 4.69) is 10.3 Å². The second kappa shape index (κ2) is 8.56. The Morgan fingerprint density at radius 3 is 2.64 bits per heavy atom. The summed E-state index contributed by atoms with van der Waals surface area (Å²) in [6, 6.07) is 9.50. The Morgan fingerprint density at radius 1 is 1.32 bits per heavy atom. The van der Waals surface area contributed by atoms with Gasteiger partial charge in [0, 0.05) is 18.0 Å². The Labute approximate surface area is 136 Å². The third-order valence-electron chi connectivity index (χ3n) is 3.16. The van der Waals surface area contributed by atoms with Crippen molar-refractivity contribution < 1.29 is 9.21 Å². The molecule has 0 saturated carbocycles. The molecule has 2 rings (SSSR count). The van der Waals surface area contributed by atoms with E-state index >= 15 is 0 Å². The minimum Gasteiger partial charge on any atom is -0.438 e. The number of rotatable bonds is 6. The largest absolute Gasteiger partial charge is 0.438 e. The number of hydrogen-bond donors (Lipinski definition) is 2. The molecule has 0 radical (unpaired) electrons. The standard InChI is InChI=1S/C16H21N3O2.ClH/c1-11(17)8-9-15(20)19-12(2)16-18-10-14(21-16)13-6-4-3-5-7-13;/h3-7,10-12H,8-9,17H2,1-2H3,(H,19,20);1H. The maximum absolute atomic E-state index is 11.8. The topological polar surface area (TPSA) is 81.2 Å². The molecule has 22 heavy (non-hydrogen) atoms. The van der Waals surface area contributed by atoms with Crippen LogP contribution in [0, 0.1) is 0 Å². The highest BCUT2D eigenvalue weighted by atomic mass is 35.5. The van der Waals surface area contributed by atoms with Crippen LogP contribution in [0.15, 0.2) is 40.9 Å². The average molecular weight is 324 g/mol. The quantitative estimate of drug-likeness (QED) is 0.856. The summed E-state index contributed by atoms with van der Waals surface area (Å²) in [6.45, 7) is 3.74. The van der Waals surface area contributed by atoms with Gasteiger partial charge in [-0.3, -0.25) is 4.79 Å². The number of benzene rings is 1. The van der Waals surface area contributed by atoms with E-state index in [1.807, 2.05) is 44.2 Å². The molecule has 2 unspecified atom stereocenters. The van der Waals surface area contributed by atoms with Crippen molar-refractivity contribution in [3.05, 3.63) is 42.4 Å². The van der Waals surface area contributed by atoms with Crippen molar-refractivity contribution in [1.29, 1.82) is 0 Å². The van der Waals surface area contributed by atoms with Gasteiger partial charge in [0.15, 0.2) is 5.76 Å². The molecular weight excluding hydrogens is 302 g/mol. The zero-order valence-corrected chi connectivity index (χ0v) is 13.6. The van der Waals surface area contributed by atoms with Gasteiger partial charge in [0.25, 0.3) is 0 Å². The molecule has 6 heteroatoms. The number of nitrogens with zero attached hydrogens (tertiary/aromatic N) is 1. The maximum atomic E-state index is 11.8. The zero-order valence-electron chi connectivity index (χ0n) is 12.8. The van der Waals surface area contributed by atoms with Crippen molar-refractivity contribution in [2.45, 2.75) is 38.8 Å². The molecule has 1 heterocycles. The van der Waals surface area contributed by atoms with Gasteiger partial charge in [0.1, 0.15) is 6.04 Å². The highest BCUT2D eigenvalue weighted by molar-refractivity contribution is 5.85. The van der Waals surface area contributed by atoms with Crippen molar-refractivity contribution in [2.75, 3.05) is 0 Å². The van der Waals surface area contributed by atoms with Crippen LogP contribution in [-0.2, 0) is 4.79 Å². The van der Waals surface area contributed by atoms with Crippen molar-refractivity contribution in [1.82, 2.24) is 10.3 Å². The molecule has 3 N–H and O–H groups in total. The van der Waals surface area contributed by atoms with Crippen molar-refractivity contribution in [3.8, 4) is 11.3 Å². The summed E-state index contributed by atoms with van der Waals surface area (Å²) in [5.74, 6) is 1.16. The minimum absolute atomic E-state index is 0. The number of aromatic nitrogens is 1. The lowest BCUT2D eigenvalue weighted by molar-refractivity contribution is -0.122. The van der Waals surface area contributed by atoms with Crippen LogP contribution in [0.3, 0.4) is 0 Å². The predicted molar refractivity (Wildman–Crippen MR) is 88.6 cm³/mol. The first kappa shape index (κ1) is 18.2. The molecule has 0 bridgehead atoms. The first-order valence-corrected chi connectivity index (χ1v) is 7.12. The van der Waals surface area contributed by atoms with E-state index in [0.29, 0.717) is 24.5 Å². The second-order valence-electron chi connectivity index (χ2n) is 5.23. The summed E-state index contributed by atoms with van der Waals surface area (Å²) in [7, 11) is 0. The molecule has 120 valence electrons. The number of nitrogens with two attached hydrogens (primary N) is 1. The summed E-state index contributed by atoms with van der Waals surface area (Å²) in [4.78, 5) is 16.0. The molecule has 0 aliphatic heterocycles. The molecule has 5 nitrogen and oxygen atoms in total. The highest BCUT2D eigenvalue weighted by Gasteiger charge is 2.15. The van der Waals surface area contributed by atoms with Crippen LogP contribution in [0.5, 0.6) is 0 Å². The number of hydrogen-bond acceptors (Lipinski definition) is 4. The average Bonchev–Trinajstić information content (AvgIpc) is 2.96. The number of carbonyl (C=O) groups excluding carboxylic acids is 1. The van der Waals surface area contributed by atoms with Crippen LogP contribution in [0.25, 0.3) is 11.3 Å². The van der Waals surface area contributed by atoms with Gasteiger partial charge in [0.05, 0.1) is 6.20 Å². The molecule has 0 fully saturated rings. The predicted octanol–water partition coefficient (Wildman–Crippen LogP) is 3.07. The summed E-state index contributed by atoms with van der Waals surface area (Å²) in [6.07, 6.45) is 2.75. The Hall–Kier alpha value is -1.85. The molecule has 2 aromatic rings. The Balaban J connectivity index is 0.00000242. The molecule has 2 atom stereocenters. The summed E-state index contributed by atoms with van der Waals surface area (Å²) in [5.41, 5.74) is 6.60. The van der Waals surface area contributed by atoms with Gasteiger partial charge < -0.3 is 15.5 Å². The fourth-order valence-electron chi connectivity index (χ4n) is 1.96. The van der Waals surface area contributed by atoms with Gasteiger partial charge in [-0.2, -0.15) is 0 Å². The smallest absolute Gasteiger partial charge is 0.220 e. The molecule has 0 saturated heterocycles. The van der Waals surface area contributed by atoms with E-state index in [-0.39, 0.29) is 30.4 Å². The van der Waals surface area contributed by atoms with E-state index in [1.165, 1.54) is 0 Å². The lowest BCUT2D eigenvalue weighted by Gasteiger charge is -2.11. The van der Waals surface area contributed by atoms with E-state index in [1.54, 1.807) is 6.20 Å². The van der Waals surface area contributed by atoms with Crippen LogP contribution < -0.4 is 11.1 Å². The fraction of sp³-hybridized carbons (Fsp3) is 0.375. The molecule has 0 aliphatic carbocycles. The number of amides is 1. The molecule has 1 aromatic carbocycles. The van der Waals surface area contributed by atoms with Gasteiger partial charge in [-0.25, -0.2) is 4.98 Å². The first-order chi connectivity index (χ1) is 10.1. The van der Waals surface area contributed by atoms with E-state index < -0.39 is 0 Å². The summed E-state index contributed by atoms with van der Waals surface area (Å²) < 4.78 is 5.71. The van der Waals surface area contributed by atoms with Crippen LogP contribution in [-0.4, -0.2) is 16.9 Å². The Bertz CT molecular complexity index is 584. The molecule has 0 spiro atoms. The summed E-state index contributed by atoms with van der Waals surface area (Å²) in [5, 5.41) is 2.87. The molecular formula is C16H22ClN3O2. The zero-order chi connectivity index (χ0) is 15.2. The Morgan fingerprint density at radius 2 is 2.00 bits per heavy atom. The van der Waals surface area contributed by atoms with Crippen LogP contribution in [0.2, 0.25) is 0 Å². The van der Waals surface area contributed by atoms with Crippen molar-refractivity contribution >= 4 is 18.3 Å².